The first-order valence-corrected chi connectivity index (χ1v) is 7.76. The fraction of sp³-hybridized carbons (Fsp3) is 0.438. The van der Waals surface area contributed by atoms with Gasteiger partial charge in [0.25, 0.3) is 0 Å². The first kappa shape index (κ1) is 16.7. The molecule has 0 spiro atoms. The van der Waals surface area contributed by atoms with Crippen LogP contribution >= 0.6 is 12.6 Å². The predicted octanol–water partition coefficient (Wildman–Crippen LogP) is 2.82. The van der Waals surface area contributed by atoms with Crippen LogP contribution in [-0.4, -0.2) is 28.1 Å². The van der Waals surface area contributed by atoms with Crippen molar-refractivity contribution in [3.63, 3.8) is 0 Å². The highest BCUT2D eigenvalue weighted by Gasteiger charge is 2.23. The monoisotopic (exact) mass is 321 g/mol. The van der Waals surface area contributed by atoms with E-state index in [4.69, 9.17) is 10.5 Å². The van der Waals surface area contributed by atoms with Crippen molar-refractivity contribution >= 4 is 29.6 Å². The number of hydrogen-bond acceptors (Lipinski definition) is 4. The highest BCUT2D eigenvalue weighted by molar-refractivity contribution is 7.80. The number of benzene rings is 1. The largest absolute Gasteiger partial charge is 0.444 e. The van der Waals surface area contributed by atoms with Crippen LogP contribution in [0.2, 0.25) is 0 Å². The quantitative estimate of drug-likeness (QED) is 0.516. The number of aromatic nitrogens is 1. The molecular weight excluding hydrogens is 298 g/mol. The minimum absolute atomic E-state index is 0.322. The van der Waals surface area contributed by atoms with Crippen molar-refractivity contribution in [3.05, 3.63) is 36.0 Å². The van der Waals surface area contributed by atoms with Gasteiger partial charge in [-0.15, -0.1) is 0 Å². The molecular formula is C16H23N3O2S. The zero-order valence-corrected chi connectivity index (χ0v) is 14.0. The van der Waals surface area contributed by atoms with Crippen LogP contribution in [0.15, 0.2) is 30.5 Å². The molecule has 0 saturated heterocycles. The molecule has 0 radical (unpaired) electrons. The molecule has 0 fully saturated rings. The van der Waals surface area contributed by atoms with Gasteiger partial charge in [0.2, 0.25) is 0 Å². The van der Waals surface area contributed by atoms with Gasteiger partial charge in [-0.1, -0.05) is 18.2 Å². The standard InChI is InChI=1S/C16H23N3O2S/c1-16(2,3)21-15(20)19-13(14(17)22)8-10-9-18-12-7-5-4-6-11(10)12/h4-7,9,13-14,18,22H,8,17H2,1-3H3,(H,19,20)/t13-,14-/m1/s1. The van der Waals surface area contributed by atoms with E-state index in [0.717, 1.165) is 16.5 Å². The lowest BCUT2D eigenvalue weighted by molar-refractivity contribution is 0.0503. The van der Waals surface area contributed by atoms with Gasteiger partial charge in [0.1, 0.15) is 5.60 Å². The molecule has 0 aliphatic carbocycles. The Morgan fingerprint density at radius 3 is 2.73 bits per heavy atom. The number of amides is 1. The van der Waals surface area contributed by atoms with Crippen molar-refractivity contribution in [1.82, 2.24) is 10.3 Å². The summed E-state index contributed by atoms with van der Waals surface area (Å²) in [5.41, 5.74) is 7.49. The molecule has 5 nitrogen and oxygen atoms in total. The number of carbonyl (C=O) groups excluding carboxylic acids is 1. The molecule has 4 N–H and O–H groups in total. The highest BCUT2D eigenvalue weighted by Crippen LogP contribution is 2.20. The molecule has 0 saturated carbocycles. The summed E-state index contributed by atoms with van der Waals surface area (Å²) in [6, 6.07) is 7.68. The third-order valence-electron chi connectivity index (χ3n) is 3.23. The summed E-state index contributed by atoms with van der Waals surface area (Å²) in [5, 5.41) is 3.43. The first-order valence-electron chi connectivity index (χ1n) is 7.24. The highest BCUT2D eigenvalue weighted by atomic mass is 32.1. The molecule has 0 aliphatic rings. The summed E-state index contributed by atoms with van der Waals surface area (Å²) >= 11 is 4.28. The maximum Gasteiger partial charge on any atom is 0.407 e. The van der Waals surface area contributed by atoms with E-state index in [1.807, 2.05) is 51.2 Å². The number of ether oxygens (including phenoxy) is 1. The average molecular weight is 321 g/mol. The Bertz CT molecular complexity index is 646. The van der Waals surface area contributed by atoms with Crippen molar-refractivity contribution < 1.29 is 9.53 Å². The molecule has 0 unspecified atom stereocenters. The van der Waals surface area contributed by atoms with Crippen LogP contribution in [0, 0.1) is 0 Å². The average Bonchev–Trinajstić information content (AvgIpc) is 2.79. The fourth-order valence-corrected chi connectivity index (χ4v) is 2.43. The summed E-state index contributed by atoms with van der Waals surface area (Å²) in [4.78, 5) is 15.1. The SMILES string of the molecule is CC(C)(C)OC(=O)N[C@H](Cc1c[nH]c2ccccc12)[C@H](N)S. The van der Waals surface area contributed by atoms with E-state index >= 15 is 0 Å². The van der Waals surface area contributed by atoms with Crippen molar-refractivity contribution in [2.45, 2.75) is 44.2 Å². The molecule has 120 valence electrons. The molecule has 1 amide bonds. The molecule has 1 aromatic carbocycles. The van der Waals surface area contributed by atoms with E-state index in [9.17, 15) is 4.79 Å². The second-order valence-corrected chi connectivity index (χ2v) is 6.90. The maximum atomic E-state index is 11.9. The van der Waals surface area contributed by atoms with Gasteiger partial charge in [-0.3, -0.25) is 0 Å². The zero-order valence-electron chi connectivity index (χ0n) is 13.1. The third-order valence-corrected chi connectivity index (χ3v) is 3.59. The minimum Gasteiger partial charge on any atom is -0.444 e. The van der Waals surface area contributed by atoms with E-state index in [0.29, 0.717) is 6.42 Å². The molecule has 2 aromatic rings. The van der Waals surface area contributed by atoms with Gasteiger partial charge in [-0.2, -0.15) is 12.6 Å². The zero-order chi connectivity index (χ0) is 16.3. The predicted molar refractivity (Wildman–Crippen MR) is 92.1 cm³/mol. The summed E-state index contributed by atoms with van der Waals surface area (Å²) in [6.07, 6.45) is 2.03. The number of nitrogens with two attached hydrogens (primary N) is 1. The van der Waals surface area contributed by atoms with E-state index < -0.39 is 17.1 Å². The number of thiol groups is 1. The Kier molecular flexibility index (Phi) is 5.03. The molecule has 0 aliphatic heterocycles. The molecule has 2 rings (SSSR count). The van der Waals surface area contributed by atoms with E-state index in [-0.39, 0.29) is 6.04 Å². The van der Waals surface area contributed by atoms with Gasteiger partial charge >= 0.3 is 6.09 Å². The second kappa shape index (κ2) is 6.62. The van der Waals surface area contributed by atoms with Gasteiger partial charge in [0, 0.05) is 17.1 Å². The normalized spacial score (nSPS) is 14.6. The third kappa shape index (κ3) is 4.42. The van der Waals surface area contributed by atoms with Crippen LogP contribution in [0.5, 0.6) is 0 Å². The number of alkyl carbamates (subject to hydrolysis) is 1. The minimum atomic E-state index is -0.546. The number of rotatable bonds is 4. The Morgan fingerprint density at radius 2 is 2.09 bits per heavy atom. The second-order valence-electron chi connectivity index (χ2n) is 6.31. The van der Waals surface area contributed by atoms with Crippen LogP contribution < -0.4 is 11.1 Å². The number of aromatic amines is 1. The smallest absolute Gasteiger partial charge is 0.407 e. The molecule has 1 heterocycles. The lowest BCUT2D eigenvalue weighted by Crippen LogP contribution is -2.48. The molecule has 2 atom stereocenters. The molecule has 6 heteroatoms. The summed E-state index contributed by atoms with van der Waals surface area (Å²) < 4.78 is 5.28. The van der Waals surface area contributed by atoms with Crippen LogP contribution in [0.4, 0.5) is 4.79 Å². The van der Waals surface area contributed by atoms with Crippen LogP contribution in [0.25, 0.3) is 10.9 Å². The van der Waals surface area contributed by atoms with Gasteiger partial charge in [-0.05, 0) is 38.8 Å². The number of para-hydroxylation sites is 1. The number of nitrogens with one attached hydrogen (secondary N) is 2. The van der Waals surface area contributed by atoms with Crippen molar-refractivity contribution in [3.8, 4) is 0 Å². The lowest BCUT2D eigenvalue weighted by Gasteiger charge is -2.25. The van der Waals surface area contributed by atoms with E-state index in [1.165, 1.54) is 0 Å². The van der Waals surface area contributed by atoms with Crippen molar-refractivity contribution in [1.29, 1.82) is 0 Å². The Balaban J connectivity index is 2.11. The number of hydrogen-bond donors (Lipinski definition) is 4. The number of carbonyl (C=O) groups is 1. The summed E-state index contributed by atoms with van der Waals surface area (Å²) in [7, 11) is 0. The van der Waals surface area contributed by atoms with Gasteiger partial charge < -0.3 is 20.8 Å². The maximum absolute atomic E-state index is 11.9. The summed E-state index contributed by atoms with van der Waals surface area (Å²) in [6.45, 7) is 5.46. The summed E-state index contributed by atoms with van der Waals surface area (Å²) in [5.74, 6) is 0. The van der Waals surface area contributed by atoms with Crippen LogP contribution in [0.3, 0.4) is 0 Å². The van der Waals surface area contributed by atoms with Gasteiger partial charge in [0.05, 0.1) is 11.4 Å². The topological polar surface area (TPSA) is 80.1 Å². The number of H-pyrrole nitrogens is 1. The van der Waals surface area contributed by atoms with Crippen molar-refractivity contribution in [2.24, 2.45) is 5.73 Å². The molecule has 22 heavy (non-hydrogen) atoms. The van der Waals surface area contributed by atoms with Crippen LogP contribution in [-0.2, 0) is 11.2 Å². The lowest BCUT2D eigenvalue weighted by atomic mass is 10.0. The molecule has 0 bridgehead atoms. The van der Waals surface area contributed by atoms with Crippen molar-refractivity contribution in [2.75, 3.05) is 0 Å². The van der Waals surface area contributed by atoms with E-state index in [2.05, 4.69) is 22.9 Å². The van der Waals surface area contributed by atoms with Gasteiger partial charge in [-0.25, -0.2) is 4.79 Å². The number of fused-ring (bicyclic) bond motifs is 1. The Morgan fingerprint density at radius 1 is 1.41 bits per heavy atom. The fourth-order valence-electron chi connectivity index (χ4n) is 2.25. The Labute approximate surface area is 136 Å². The first-order chi connectivity index (χ1) is 10.3. The Hall–Kier alpha value is -1.66. The van der Waals surface area contributed by atoms with E-state index in [1.54, 1.807) is 0 Å². The van der Waals surface area contributed by atoms with Crippen LogP contribution in [0.1, 0.15) is 26.3 Å². The molecule has 1 aromatic heterocycles. The van der Waals surface area contributed by atoms with Gasteiger partial charge in [0.15, 0.2) is 0 Å².